The Kier molecular flexibility index (Phi) is 5.19. The molecule has 2 aromatic carbocycles. The number of nitrogens with zero attached hydrogens (tertiary/aromatic N) is 3. The van der Waals surface area contributed by atoms with Gasteiger partial charge < -0.3 is 18.9 Å². The molecule has 148 valence electrons. The van der Waals surface area contributed by atoms with E-state index in [1.54, 1.807) is 18.2 Å². The monoisotopic (exact) mass is 397 g/mol. The number of aromatic nitrogens is 2. The maximum Gasteiger partial charge on any atom is 0.308 e. The van der Waals surface area contributed by atoms with E-state index in [0.717, 1.165) is 0 Å². The highest BCUT2D eigenvalue weighted by Crippen LogP contribution is 2.31. The Bertz CT molecular complexity index is 1030. The molecule has 4 rings (SSSR count). The fraction of sp³-hybridized carbons (Fsp3) is 0.200. The van der Waals surface area contributed by atoms with E-state index in [0.29, 0.717) is 17.0 Å². The number of ether oxygens (including phenoxy) is 2. The molecule has 0 spiro atoms. The van der Waals surface area contributed by atoms with Crippen LogP contribution >= 0.6 is 0 Å². The Balaban J connectivity index is 1.31. The second kappa shape index (κ2) is 8.09. The molecule has 0 bridgehead atoms. The van der Waals surface area contributed by atoms with Crippen molar-refractivity contribution >= 4 is 17.6 Å². The summed E-state index contributed by atoms with van der Waals surface area (Å²) in [6, 6.07) is 12.7. The lowest BCUT2D eigenvalue weighted by atomic mass is 10.2. The summed E-state index contributed by atoms with van der Waals surface area (Å²) in [5.74, 6) is -0.120. The summed E-state index contributed by atoms with van der Waals surface area (Å²) in [5.41, 5.74) is 1.20. The van der Waals surface area contributed by atoms with Gasteiger partial charge in [0.15, 0.2) is 13.2 Å². The number of halogens is 1. The number of hydrogen-bond donors (Lipinski definition) is 0. The normalized spacial score (nSPS) is 13.0. The van der Waals surface area contributed by atoms with Gasteiger partial charge in [-0.05, 0) is 36.4 Å². The summed E-state index contributed by atoms with van der Waals surface area (Å²) in [7, 11) is 0. The van der Waals surface area contributed by atoms with Gasteiger partial charge in [0.2, 0.25) is 5.82 Å². The molecule has 0 aliphatic carbocycles. The number of fused-ring (bicyclic) bond motifs is 1. The molecular weight excluding hydrogens is 381 g/mol. The van der Waals surface area contributed by atoms with Crippen molar-refractivity contribution in [3.63, 3.8) is 0 Å². The number of para-hydroxylation sites is 2. The number of amides is 1. The van der Waals surface area contributed by atoms with Gasteiger partial charge >= 0.3 is 5.97 Å². The largest absolute Gasteiger partial charge is 0.482 e. The molecule has 9 heteroatoms. The van der Waals surface area contributed by atoms with Crippen molar-refractivity contribution in [1.29, 1.82) is 0 Å². The molecule has 1 amide bonds. The Morgan fingerprint density at radius 3 is 2.79 bits per heavy atom. The fourth-order valence-electron chi connectivity index (χ4n) is 2.85. The van der Waals surface area contributed by atoms with Crippen LogP contribution in [0.5, 0.6) is 5.75 Å². The molecule has 0 saturated heterocycles. The van der Waals surface area contributed by atoms with Gasteiger partial charge in [-0.1, -0.05) is 17.3 Å². The summed E-state index contributed by atoms with van der Waals surface area (Å²) in [6.45, 7) is -0.0937. The standard InChI is InChI=1S/C20H16FN3O5/c21-14-7-5-13(6-8-14)20-22-17(29-23-20)11-28-19(26)9-10-24-15-3-1-2-4-16(15)27-12-18(24)25/h1-8H,9-12H2. The van der Waals surface area contributed by atoms with Crippen LogP contribution in [0.3, 0.4) is 0 Å². The molecule has 3 aromatic rings. The second-order valence-electron chi connectivity index (χ2n) is 6.23. The first-order valence-electron chi connectivity index (χ1n) is 8.86. The average molecular weight is 397 g/mol. The number of anilines is 1. The first kappa shape index (κ1) is 18.6. The van der Waals surface area contributed by atoms with Gasteiger partial charge in [0.05, 0.1) is 12.1 Å². The van der Waals surface area contributed by atoms with Gasteiger partial charge in [-0.25, -0.2) is 4.39 Å². The Hall–Kier alpha value is -3.75. The van der Waals surface area contributed by atoms with Crippen molar-refractivity contribution < 1.29 is 28.0 Å². The Labute approximate surface area is 164 Å². The molecule has 1 aromatic heterocycles. The van der Waals surface area contributed by atoms with Crippen molar-refractivity contribution in [3.8, 4) is 17.1 Å². The molecule has 29 heavy (non-hydrogen) atoms. The van der Waals surface area contributed by atoms with Gasteiger partial charge in [-0.3, -0.25) is 9.59 Å². The summed E-state index contributed by atoms with van der Waals surface area (Å²) in [5, 5.41) is 3.78. The van der Waals surface area contributed by atoms with E-state index < -0.39 is 5.97 Å². The third-order valence-electron chi connectivity index (χ3n) is 4.27. The van der Waals surface area contributed by atoms with Gasteiger partial charge in [0, 0.05) is 12.1 Å². The Morgan fingerprint density at radius 2 is 1.97 bits per heavy atom. The molecule has 0 saturated carbocycles. The summed E-state index contributed by atoms with van der Waals surface area (Å²) < 4.78 is 28.5. The smallest absolute Gasteiger partial charge is 0.308 e. The number of benzene rings is 2. The molecule has 0 radical (unpaired) electrons. The van der Waals surface area contributed by atoms with Gasteiger partial charge in [0.25, 0.3) is 11.8 Å². The number of hydrogen-bond acceptors (Lipinski definition) is 7. The summed E-state index contributed by atoms with van der Waals surface area (Å²) in [6.07, 6.45) is -0.000962. The highest BCUT2D eigenvalue weighted by Gasteiger charge is 2.25. The van der Waals surface area contributed by atoms with E-state index in [-0.39, 0.29) is 49.6 Å². The van der Waals surface area contributed by atoms with Crippen LogP contribution in [0.15, 0.2) is 53.1 Å². The van der Waals surface area contributed by atoms with Gasteiger partial charge in [0.1, 0.15) is 11.6 Å². The van der Waals surface area contributed by atoms with Crippen molar-refractivity contribution in [3.05, 3.63) is 60.2 Å². The molecule has 1 aliphatic rings. The maximum absolute atomic E-state index is 13.0. The van der Waals surface area contributed by atoms with Crippen LogP contribution in [0.2, 0.25) is 0 Å². The fourth-order valence-corrected chi connectivity index (χ4v) is 2.85. The molecule has 0 unspecified atom stereocenters. The lowest BCUT2D eigenvalue weighted by Gasteiger charge is -2.28. The zero-order valence-corrected chi connectivity index (χ0v) is 15.2. The van der Waals surface area contributed by atoms with Crippen LogP contribution in [0.1, 0.15) is 12.3 Å². The van der Waals surface area contributed by atoms with E-state index in [1.165, 1.54) is 29.2 Å². The van der Waals surface area contributed by atoms with Crippen molar-refractivity contribution in [2.75, 3.05) is 18.1 Å². The first-order chi connectivity index (χ1) is 14.1. The van der Waals surface area contributed by atoms with Crippen molar-refractivity contribution in [2.24, 2.45) is 0 Å². The number of carbonyl (C=O) groups is 2. The van der Waals surface area contributed by atoms with Crippen LogP contribution in [-0.4, -0.2) is 35.2 Å². The lowest BCUT2D eigenvalue weighted by molar-refractivity contribution is -0.145. The minimum Gasteiger partial charge on any atom is -0.482 e. The quantitative estimate of drug-likeness (QED) is 0.590. The second-order valence-corrected chi connectivity index (χ2v) is 6.23. The van der Waals surface area contributed by atoms with Crippen molar-refractivity contribution in [1.82, 2.24) is 10.1 Å². The molecule has 0 atom stereocenters. The van der Waals surface area contributed by atoms with Crippen LogP contribution < -0.4 is 9.64 Å². The zero-order chi connectivity index (χ0) is 20.2. The van der Waals surface area contributed by atoms with E-state index in [1.807, 2.05) is 6.07 Å². The van der Waals surface area contributed by atoms with Crippen LogP contribution in [-0.2, 0) is 20.9 Å². The van der Waals surface area contributed by atoms with E-state index >= 15 is 0 Å². The van der Waals surface area contributed by atoms with Crippen LogP contribution in [0.4, 0.5) is 10.1 Å². The average Bonchev–Trinajstić information content (AvgIpc) is 3.21. The van der Waals surface area contributed by atoms with Crippen LogP contribution in [0.25, 0.3) is 11.4 Å². The van der Waals surface area contributed by atoms with Crippen molar-refractivity contribution in [2.45, 2.75) is 13.0 Å². The van der Waals surface area contributed by atoms with E-state index in [2.05, 4.69) is 10.1 Å². The highest BCUT2D eigenvalue weighted by molar-refractivity contribution is 5.98. The molecular formula is C20H16FN3O5. The molecule has 1 aliphatic heterocycles. The maximum atomic E-state index is 13.0. The summed E-state index contributed by atoms with van der Waals surface area (Å²) in [4.78, 5) is 29.8. The lowest BCUT2D eigenvalue weighted by Crippen LogP contribution is -2.40. The van der Waals surface area contributed by atoms with Gasteiger partial charge in [-0.15, -0.1) is 0 Å². The minimum absolute atomic E-state index is 0.000962. The Morgan fingerprint density at radius 1 is 1.17 bits per heavy atom. The minimum atomic E-state index is -0.511. The third kappa shape index (κ3) is 4.23. The first-order valence-corrected chi connectivity index (χ1v) is 8.86. The number of carbonyl (C=O) groups excluding carboxylic acids is 2. The molecule has 0 fully saturated rings. The predicted molar refractivity (Wildman–Crippen MR) is 98.4 cm³/mol. The SMILES string of the molecule is O=C(CCN1C(=O)COc2ccccc21)OCc1nc(-c2ccc(F)cc2)no1. The molecule has 2 heterocycles. The van der Waals surface area contributed by atoms with Gasteiger partial charge in [-0.2, -0.15) is 4.98 Å². The zero-order valence-electron chi connectivity index (χ0n) is 15.2. The number of esters is 1. The summed E-state index contributed by atoms with van der Waals surface area (Å²) >= 11 is 0. The molecule has 8 nitrogen and oxygen atoms in total. The molecule has 0 N–H and O–H groups in total. The van der Waals surface area contributed by atoms with E-state index in [4.69, 9.17) is 14.0 Å². The third-order valence-corrected chi connectivity index (χ3v) is 4.27. The topological polar surface area (TPSA) is 94.8 Å². The van der Waals surface area contributed by atoms with E-state index in [9.17, 15) is 14.0 Å². The predicted octanol–water partition coefficient (Wildman–Crippen LogP) is 2.73. The number of rotatable bonds is 6. The van der Waals surface area contributed by atoms with Crippen LogP contribution in [0, 0.1) is 5.82 Å². The highest BCUT2D eigenvalue weighted by atomic mass is 19.1.